The zero-order chi connectivity index (χ0) is 52.9. The van der Waals surface area contributed by atoms with Crippen molar-refractivity contribution < 1.29 is 0 Å². The summed E-state index contributed by atoms with van der Waals surface area (Å²) in [4.78, 5) is 15.6. The van der Waals surface area contributed by atoms with Crippen LogP contribution in [0.25, 0.3) is 42.3 Å². The van der Waals surface area contributed by atoms with Gasteiger partial charge in [0, 0.05) is 0 Å². The molecule has 376 valence electrons. The van der Waals surface area contributed by atoms with Gasteiger partial charge >= 0.3 is 456 Å². The van der Waals surface area contributed by atoms with E-state index >= 15 is 0 Å². The average molecular weight is 1100 g/mol. The molecule has 0 atom stereocenters. The molecule has 12 aromatic rings. The van der Waals surface area contributed by atoms with Crippen LogP contribution in [0.4, 0.5) is 91.0 Å². The predicted octanol–water partition coefficient (Wildman–Crippen LogP) is 14.1. The molecule has 81 heavy (non-hydrogen) atoms. The summed E-state index contributed by atoms with van der Waals surface area (Å²) in [5, 5.41) is 0. The van der Waals surface area contributed by atoms with Gasteiger partial charge in [0.1, 0.15) is 0 Å². The summed E-state index contributed by atoms with van der Waals surface area (Å²) in [5.41, 5.74) is 35.3. The van der Waals surface area contributed by atoms with E-state index in [9.17, 15) is 0 Å². The topological polar surface area (TPSA) is 19.4 Å². The van der Waals surface area contributed by atoms with Gasteiger partial charge in [-0.1, -0.05) is 24.3 Å². The SMILES string of the molecule is CN1c2ccccc2N2c3ccc(-c4ccccc4)cc3B3c4ccc5c6c4N(c4ccc1c2c43)c1c(-c2ccccc2)[se]c(-c2ccccc2)c1N6c1ccc2c3c1B5c1ccc(-c4ccccc4)cc1N3c1ccccc1N2C. The van der Waals surface area contributed by atoms with Crippen LogP contribution in [0.2, 0.25) is 0 Å². The van der Waals surface area contributed by atoms with Crippen molar-refractivity contribution in [2.75, 3.05) is 43.5 Å². The molecule has 8 heterocycles. The third-order valence-electron chi connectivity index (χ3n) is 18.6. The maximum absolute atomic E-state index is 2.78. The summed E-state index contributed by atoms with van der Waals surface area (Å²) >= 11 is -0.0890. The molecule has 0 radical (unpaired) electrons. The third kappa shape index (κ3) is 5.64. The Morgan fingerprint density at radius 2 is 0.630 bits per heavy atom. The second-order valence-corrected chi connectivity index (χ2v) is 24.6. The molecule has 9 heteroatoms. The van der Waals surface area contributed by atoms with E-state index in [0.29, 0.717) is 0 Å². The Labute approximate surface area is 477 Å². The third-order valence-corrected chi connectivity index (χ3v) is 21.2. The Morgan fingerprint density at radius 1 is 0.247 bits per heavy atom. The number of hydrogen-bond acceptors (Lipinski definition) is 6. The first-order valence-corrected chi connectivity index (χ1v) is 29.8. The van der Waals surface area contributed by atoms with Crippen LogP contribution in [0.15, 0.2) is 243 Å². The zero-order valence-corrected chi connectivity index (χ0v) is 46.1. The summed E-state index contributed by atoms with van der Waals surface area (Å²) in [6.07, 6.45) is 0. The van der Waals surface area contributed by atoms with Crippen molar-refractivity contribution in [2.24, 2.45) is 0 Å². The minimum atomic E-state index is -0.0890. The number of hydrogen-bond donors (Lipinski definition) is 0. The fraction of sp³-hybridized carbons (Fsp3) is 0.0278. The Kier molecular flexibility index (Phi) is 8.75. The van der Waals surface area contributed by atoms with Gasteiger partial charge in [0.15, 0.2) is 0 Å². The van der Waals surface area contributed by atoms with Gasteiger partial charge in [-0.3, -0.25) is 0 Å². The normalized spacial score (nSPS) is 14.3. The molecule has 0 N–H and O–H groups in total. The van der Waals surface area contributed by atoms with E-state index in [2.05, 4.69) is 286 Å². The summed E-state index contributed by atoms with van der Waals surface area (Å²) in [6, 6.07) is 92.0. The molecule has 11 aromatic carbocycles. The molecule has 7 aliphatic heterocycles. The van der Waals surface area contributed by atoms with Crippen LogP contribution in [0.5, 0.6) is 0 Å². The van der Waals surface area contributed by atoms with Gasteiger partial charge in [-0.25, -0.2) is 0 Å². The van der Waals surface area contributed by atoms with Gasteiger partial charge in [0.2, 0.25) is 0 Å². The first-order chi connectivity index (χ1) is 40.1. The molecule has 0 saturated heterocycles. The first kappa shape index (κ1) is 44.2. The molecule has 0 fully saturated rings. The van der Waals surface area contributed by atoms with Gasteiger partial charge in [0.05, 0.1) is 0 Å². The number of para-hydroxylation sites is 4. The van der Waals surface area contributed by atoms with Gasteiger partial charge in [0.25, 0.3) is 0 Å². The number of anilines is 16. The Morgan fingerprint density at radius 3 is 1.14 bits per heavy atom. The van der Waals surface area contributed by atoms with Crippen molar-refractivity contribution in [3.8, 4) is 42.3 Å². The van der Waals surface area contributed by atoms with Crippen LogP contribution < -0.4 is 62.2 Å². The molecular weight excluding hydrogens is 1050 g/mol. The fourth-order valence-electron chi connectivity index (χ4n) is 15.2. The molecule has 7 aliphatic rings. The van der Waals surface area contributed by atoms with Crippen molar-refractivity contribution in [3.05, 3.63) is 243 Å². The van der Waals surface area contributed by atoms with Gasteiger partial charge in [-0.05, 0) is 0 Å². The van der Waals surface area contributed by atoms with Crippen molar-refractivity contribution >= 4 is 152 Å². The average Bonchev–Trinajstić information content (AvgIpc) is 4.08. The van der Waals surface area contributed by atoms with E-state index < -0.39 is 0 Å². The van der Waals surface area contributed by atoms with E-state index in [1.165, 1.54) is 166 Å². The molecule has 0 saturated carbocycles. The van der Waals surface area contributed by atoms with Gasteiger partial charge in [-0.2, -0.15) is 0 Å². The number of nitrogens with zero attached hydrogens (tertiary/aromatic N) is 6. The quantitative estimate of drug-likeness (QED) is 0.162. The maximum atomic E-state index is 2.78. The standard InChI is InChI=1S/C72H46B2N6Se/c1-75-54-27-15-17-29-56(54)77-53-36-32-47(43-19-7-3-8-20-43)41-52(53)74-51-35-34-50-65-66(51)80(59-38-39-60(75)67(77)64(59)74)70-69(71(45-23-11-5-12-24-45)81-72(70)46-25-13-6-14-26-46)79(65)58-37-40-61-68-63(58)73(50)49-33-31-48(44-21-9-4-10-22-44)42-62(49)78(68)57-30-18-16-28-55(57)76(61)2/h3-42H,1-2H3. The van der Waals surface area contributed by atoms with Crippen molar-refractivity contribution in [1.82, 2.24) is 0 Å². The van der Waals surface area contributed by atoms with Crippen LogP contribution in [-0.4, -0.2) is 42.0 Å². The minimum absolute atomic E-state index is 0.0659. The molecule has 0 bridgehead atoms. The van der Waals surface area contributed by atoms with Gasteiger partial charge in [-0.15, -0.1) is 0 Å². The Hall–Kier alpha value is -9.65. The summed E-state index contributed by atoms with van der Waals surface area (Å²) < 4.78 is 2.79. The summed E-state index contributed by atoms with van der Waals surface area (Å²) in [6.45, 7) is -0.143. The molecular formula is C72H46B2N6Se. The van der Waals surface area contributed by atoms with E-state index in [1.807, 2.05) is 0 Å². The van der Waals surface area contributed by atoms with Gasteiger partial charge < -0.3 is 0 Å². The van der Waals surface area contributed by atoms with Crippen LogP contribution >= 0.6 is 0 Å². The molecule has 0 amide bonds. The number of fused-ring (bicyclic) bond motifs is 17. The van der Waals surface area contributed by atoms with E-state index in [4.69, 9.17) is 0 Å². The molecule has 19 rings (SSSR count). The molecule has 0 spiro atoms. The first-order valence-electron chi connectivity index (χ1n) is 28.1. The van der Waals surface area contributed by atoms with Crippen LogP contribution in [-0.2, 0) is 0 Å². The van der Waals surface area contributed by atoms with Crippen LogP contribution in [0, 0.1) is 0 Å². The van der Waals surface area contributed by atoms with E-state index in [1.54, 1.807) is 0 Å². The predicted molar refractivity (Wildman–Crippen MR) is 343 cm³/mol. The van der Waals surface area contributed by atoms with E-state index in [-0.39, 0.29) is 27.9 Å². The summed E-state index contributed by atoms with van der Waals surface area (Å²) in [5.74, 6) is 0. The number of benzene rings is 11. The van der Waals surface area contributed by atoms with Crippen LogP contribution in [0.3, 0.4) is 0 Å². The second-order valence-electron chi connectivity index (χ2n) is 22.4. The Balaban J connectivity index is 0.967. The molecule has 6 nitrogen and oxygen atoms in total. The molecule has 0 unspecified atom stereocenters. The van der Waals surface area contributed by atoms with Crippen molar-refractivity contribution in [3.63, 3.8) is 0 Å². The second kappa shape index (κ2) is 16.0. The molecule has 0 aliphatic carbocycles. The fourth-order valence-corrected chi connectivity index (χ4v) is 17.9. The Bertz CT molecular complexity index is 4740. The zero-order valence-electron chi connectivity index (χ0n) is 44.3. The summed E-state index contributed by atoms with van der Waals surface area (Å²) in [7, 11) is 4.51. The van der Waals surface area contributed by atoms with Crippen LogP contribution in [0.1, 0.15) is 0 Å². The number of rotatable bonds is 4. The van der Waals surface area contributed by atoms with Crippen molar-refractivity contribution in [2.45, 2.75) is 0 Å². The molecule has 1 aromatic heterocycles. The van der Waals surface area contributed by atoms with Crippen molar-refractivity contribution in [1.29, 1.82) is 0 Å². The monoisotopic (exact) mass is 1100 g/mol. The van der Waals surface area contributed by atoms with E-state index in [0.717, 1.165) is 0 Å².